The highest BCUT2D eigenvalue weighted by molar-refractivity contribution is 5.83. The van der Waals surface area contributed by atoms with Crippen LogP contribution in [0.1, 0.15) is 60.3 Å². The average molecular weight is 255 g/mol. The van der Waals surface area contributed by atoms with Crippen LogP contribution in [-0.4, -0.2) is 34.5 Å². The molecule has 0 spiro atoms. The molecule has 0 N–H and O–H groups in total. The second-order valence-corrected chi connectivity index (χ2v) is 5.96. The van der Waals surface area contributed by atoms with E-state index < -0.39 is 5.60 Å². The van der Waals surface area contributed by atoms with Gasteiger partial charge in [0, 0.05) is 24.9 Å². The van der Waals surface area contributed by atoms with E-state index in [-0.39, 0.29) is 24.0 Å². The predicted molar refractivity (Wildman–Crippen MR) is 70.5 cm³/mol. The SMILES string of the molecule is CC[C@H]1CC(=O)C[C@H](CC)N1C(=O)OC(C)(C)C. The van der Waals surface area contributed by atoms with Gasteiger partial charge < -0.3 is 9.64 Å². The lowest BCUT2D eigenvalue weighted by molar-refractivity contribution is -0.125. The molecule has 1 amide bonds. The van der Waals surface area contributed by atoms with Gasteiger partial charge in [0.15, 0.2) is 0 Å². The van der Waals surface area contributed by atoms with Crippen LogP contribution in [0, 0.1) is 0 Å². The number of rotatable bonds is 2. The van der Waals surface area contributed by atoms with Crippen molar-refractivity contribution in [2.75, 3.05) is 0 Å². The molecule has 104 valence electrons. The first kappa shape index (κ1) is 15.0. The number of carbonyl (C=O) groups is 2. The number of piperidine rings is 1. The van der Waals surface area contributed by atoms with Crippen molar-refractivity contribution in [1.82, 2.24) is 4.90 Å². The summed E-state index contributed by atoms with van der Waals surface area (Å²) in [5, 5.41) is 0. The first-order chi connectivity index (χ1) is 8.28. The van der Waals surface area contributed by atoms with Gasteiger partial charge in [-0.15, -0.1) is 0 Å². The number of amides is 1. The van der Waals surface area contributed by atoms with E-state index in [4.69, 9.17) is 4.74 Å². The molecule has 18 heavy (non-hydrogen) atoms. The molecule has 0 aliphatic carbocycles. The van der Waals surface area contributed by atoms with Gasteiger partial charge in [0.2, 0.25) is 0 Å². The second-order valence-electron chi connectivity index (χ2n) is 5.96. The average Bonchev–Trinajstić information content (AvgIpc) is 2.24. The summed E-state index contributed by atoms with van der Waals surface area (Å²) < 4.78 is 5.45. The highest BCUT2D eigenvalue weighted by Crippen LogP contribution is 2.26. The first-order valence-electron chi connectivity index (χ1n) is 6.81. The fraction of sp³-hybridized carbons (Fsp3) is 0.857. The molecule has 0 bridgehead atoms. The van der Waals surface area contributed by atoms with E-state index in [1.54, 1.807) is 4.90 Å². The van der Waals surface area contributed by atoms with E-state index in [0.29, 0.717) is 12.8 Å². The molecule has 0 radical (unpaired) electrons. The number of ether oxygens (including phenoxy) is 1. The molecule has 1 rings (SSSR count). The fourth-order valence-corrected chi connectivity index (χ4v) is 2.40. The zero-order chi connectivity index (χ0) is 13.9. The van der Waals surface area contributed by atoms with Crippen molar-refractivity contribution in [1.29, 1.82) is 0 Å². The molecule has 0 unspecified atom stereocenters. The topological polar surface area (TPSA) is 46.6 Å². The van der Waals surface area contributed by atoms with E-state index in [0.717, 1.165) is 12.8 Å². The highest BCUT2D eigenvalue weighted by atomic mass is 16.6. The Bertz CT molecular complexity index is 303. The third-order valence-corrected chi connectivity index (χ3v) is 3.26. The molecule has 1 fully saturated rings. The van der Waals surface area contributed by atoms with E-state index in [2.05, 4.69) is 0 Å². The maximum atomic E-state index is 12.3. The lowest BCUT2D eigenvalue weighted by atomic mass is 9.92. The molecule has 0 aromatic carbocycles. The minimum atomic E-state index is -0.491. The van der Waals surface area contributed by atoms with Crippen LogP contribution in [0.15, 0.2) is 0 Å². The van der Waals surface area contributed by atoms with Crippen molar-refractivity contribution < 1.29 is 14.3 Å². The maximum absolute atomic E-state index is 12.3. The number of carbonyl (C=O) groups excluding carboxylic acids is 2. The van der Waals surface area contributed by atoms with E-state index >= 15 is 0 Å². The van der Waals surface area contributed by atoms with Gasteiger partial charge in [0.1, 0.15) is 11.4 Å². The van der Waals surface area contributed by atoms with Gasteiger partial charge in [-0.1, -0.05) is 13.8 Å². The van der Waals surface area contributed by atoms with Gasteiger partial charge in [0.25, 0.3) is 0 Å². The van der Waals surface area contributed by atoms with Crippen molar-refractivity contribution in [2.45, 2.75) is 78.0 Å². The molecule has 4 heteroatoms. The van der Waals surface area contributed by atoms with E-state index in [9.17, 15) is 9.59 Å². The largest absolute Gasteiger partial charge is 0.444 e. The number of hydrogen-bond donors (Lipinski definition) is 0. The molecule has 0 aromatic heterocycles. The summed E-state index contributed by atoms with van der Waals surface area (Å²) >= 11 is 0. The summed E-state index contributed by atoms with van der Waals surface area (Å²) in [6.07, 6.45) is 2.23. The van der Waals surface area contributed by atoms with Crippen molar-refractivity contribution in [3.8, 4) is 0 Å². The van der Waals surface area contributed by atoms with Crippen LogP contribution in [0.3, 0.4) is 0 Å². The Balaban J connectivity index is 2.86. The first-order valence-corrected chi connectivity index (χ1v) is 6.81. The number of nitrogens with zero attached hydrogens (tertiary/aromatic N) is 1. The smallest absolute Gasteiger partial charge is 0.410 e. The van der Waals surface area contributed by atoms with Gasteiger partial charge in [0.05, 0.1) is 0 Å². The zero-order valence-electron chi connectivity index (χ0n) is 12.2. The molecule has 2 atom stereocenters. The normalized spacial score (nSPS) is 25.2. The van der Waals surface area contributed by atoms with Crippen LogP contribution in [0.25, 0.3) is 0 Å². The van der Waals surface area contributed by atoms with Gasteiger partial charge in [-0.25, -0.2) is 4.79 Å². The molecule has 0 saturated carbocycles. The van der Waals surface area contributed by atoms with Crippen molar-refractivity contribution in [3.05, 3.63) is 0 Å². The summed E-state index contributed by atoms with van der Waals surface area (Å²) in [7, 11) is 0. The standard InChI is InChI=1S/C14H25NO3/c1-6-10-8-12(16)9-11(7-2)15(10)13(17)18-14(3,4)5/h10-11H,6-9H2,1-5H3/t10-,11-/m0/s1. The summed E-state index contributed by atoms with van der Waals surface area (Å²) in [6, 6.07) is -0.0166. The molecular formula is C14H25NO3. The molecule has 0 aromatic rings. The Morgan fingerprint density at radius 2 is 1.67 bits per heavy atom. The summed E-state index contributed by atoms with van der Waals surface area (Å²) in [4.78, 5) is 25.7. The van der Waals surface area contributed by atoms with Gasteiger partial charge in [-0.05, 0) is 33.6 Å². The molecule has 1 saturated heterocycles. The van der Waals surface area contributed by atoms with Crippen LogP contribution in [0.4, 0.5) is 4.79 Å². The predicted octanol–water partition coefficient (Wildman–Crippen LogP) is 3.14. The lowest BCUT2D eigenvalue weighted by Crippen LogP contribution is -2.53. The quantitative estimate of drug-likeness (QED) is 0.761. The third kappa shape index (κ3) is 3.72. The van der Waals surface area contributed by atoms with Crippen LogP contribution < -0.4 is 0 Å². The van der Waals surface area contributed by atoms with Gasteiger partial charge >= 0.3 is 6.09 Å². The summed E-state index contributed by atoms with van der Waals surface area (Å²) in [5.41, 5.74) is -0.491. The Kier molecular flexibility index (Phi) is 4.77. The van der Waals surface area contributed by atoms with Crippen LogP contribution in [0.5, 0.6) is 0 Å². The molecule has 1 aliphatic heterocycles. The van der Waals surface area contributed by atoms with E-state index in [1.165, 1.54) is 0 Å². The Hall–Kier alpha value is -1.06. The second kappa shape index (κ2) is 5.72. The Labute approximate surface area is 110 Å². The highest BCUT2D eigenvalue weighted by Gasteiger charge is 2.38. The third-order valence-electron chi connectivity index (χ3n) is 3.26. The van der Waals surface area contributed by atoms with Gasteiger partial charge in [-0.3, -0.25) is 4.79 Å². The molecule has 1 heterocycles. The van der Waals surface area contributed by atoms with Crippen LogP contribution in [0.2, 0.25) is 0 Å². The maximum Gasteiger partial charge on any atom is 0.410 e. The minimum Gasteiger partial charge on any atom is -0.444 e. The Morgan fingerprint density at radius 3 is 2.00 bits per heavy atom. The number of ketones is 1. The minimum absolute atomic E-state index is 0.00829. The monoisotopic (exact) mass is 255 g/mol. The molecular weight excluding hydrogens is 230 g/mol. The van der Waals surface area contributed by atoms with Crippen molar-refractivity contribution >= 4 is 11.9 Å². The van der Waals surface area contributed by atoms with Gasteiger partial charge in [-0.2, -0.15) is 0 Å². The molecule has 4 nitrogen and oxygen atoms in total. The van der Waals surface area contributed by atoms with Crippen LogP contribution in [-0.2, 0) is 9.53 Å². The number of likely N-dealkylation sites (tertiary alicyclic amines) is 1. The summed E-state index contributed by atoms with van der Waals surface area (Å²) in [6.45, 7) is 9.60. The zero-order valence-corrected chi connectivity index (χ0v) is 12.2. The van der Waals surface area contributed by atoms with Crippen LogP contribution >= 0.6 is 0 Å². The lowest BCUT2D eigenvalue weighted by Gasteiger charge is -2.41. The summed E-state index contributed by atoms with van der Waals surface area (Å²) in [5.74, 6) is 0.258. The molecule has 1 aliphatic rings. The number of Topliss-reactive ketones (excluding diaryl/α,β-unsaturated/α-hetero) is 1. The number of hydrogen-bond acceptors (Lipinski definition) is 3. The van der Waals surface area contributed by atoms with E-state index in [1.807, 2.05) is 34.6 Å². The van der Waals surface area contributed by atoms with Crippen molar-refractivity contribution in [2.24, 2.45) is 0 Å². The Morgan fingerprint density at radius 1 is 1.22 bits per heavy atom. The fourth-order valence-electron chi connectivity index (χ4n) is 2.40. The van der Waals surface area contributed by atoms with Crippen molar-refractivity contribution in [3.63, 3.8) is 0 Å².